The van der Waals surface area contributed by atoms with E-state index in [1.54, 1.807) is 25.2 Å². The van der Waals surface area contributed by atoms with Crippen LogP contribution in [-0.4, -0.2) is 12.0 Å². The summed E-state index contributed by atoms with van der Waals surface area (Å²) in [4.78, 5) is 4.15. The highest BCUT2D eigenvalue weighted by molar-refractivity contribution is 5.58. The molecule has 2 rings (SSSR count). The maximum atomic E-state index is 13.4. The average molecular weight is 235 g/mol. The maximum absolute atomic E-state index is 13.4. The highest BCUT2D eigenvalue weighted by atomic mass is 19.2. The van der Waals surface area contributed by atoms with Crippen molar-refractivity contribution >= 4 is 17.3 Å². The van der Waals surface area contributed by atoms with Gasteiger partial charge in [0.15, 0.2) is 11.6 Å². The molecule has 0 aliphatic rings. The smallest absolute Gasteiger partial charge is 0.182 e. The molecule has 0 saturated carbocycles. The first kappa shape index (κ1) is 11.3. The van der Waals surface area contributed by atoms with E-state index in [9.17, 15) is 8.78 Å². The minimum atomic E-state index is -0.913. The molecule has 0 unspecified atom stereocenters. The minimum absolute atomic E-state index is 0.0609. The van der Waals surface area contributed by atoms with Crippen LogP contribution in [0.3, 0.4) is 0 Å². The highest BCUT2D eigenvalue weighted by Crippen LogP contribution is 2.21. The second-order valence-corrected chi connectivity index (χ2v) is 3.38. The molecule has 0 spiro atoms. The Balaban J connectivity index is 2.28. The number of hydrogen-bond donors (Lipinski definition) is 2. The van der Waals surface area contributed by atoms with Gasteiger partial charge < -0.3 is 10.6 Å². The van der Waals surface area contributed by atoms with Crippen molar-refractivity contribution in [1.82, 2.24) is 4.98 Å². The summed E-state index contributed by atoms with van der Waals surface area (Å²) in [5, 5.41) is 5.58. The van der Waals surface area contributed by atoms with Crippen LogP contribution in [-0.2, 0) is 0 Å². The first-order chi connectivity index (χ1) is 8.20. The zero-order chi connectivity index (χ0) is 12.3. The summed E-state index contributed by atoms with van der Waals surface area (Å²) in [6.07, 6.45) is 0. The highest BCUT2D eigenvalue weighted by Gasteiger charge is 2.07. The molecule has 0 aliphatic heterocycles. The van der Waals surface area contributed by atoms with Crippen LogP contribution in [0.25, 0.3) is 0 Å². The molecule has 0 bridgehead atoms. The number of nitrogens with one attached hydrogen (secondary N) is 2. The van der Waals surface area contributed by atoms with Crippen molar-refractivity contribution in [3.05, 3.63) is 48.0 Å². The first-order valence-corrected chi connectivity index (χ1v) is 5.06. The van der Waals surface area contributed by atoms with E-state index >= 15 is 0 Å². The van der Waals surface area contributed by atoms with Crippen LogP contribution in [0.15, 0.2) is 36.4 Å². The molecule has 17 heavy (non-hydrogen) atoms. The summed E-state index contributed by atoms with van der Waals surface area (Å²) >= 11 is 0. The summed E-state index contributed by atoms with van der Waals surface area (Å²) in [6, 6.07) is 9.16. The number of hydrogen-bond acceptors (Lipinski definition) is 3. The topological polar surface area (TPSA) is 37.0 Å². The van der Waals surface area contributed by atoms with E-state index in [1.807, 2.05) is 0 Å². The molecule has 1 aromatic carbocycles. The number of benzene rings is 1. The van der Waals surface area contributed by atoms with Crippen molar-refractivity contribution in [2.45, 2.75) is 0 Å². The van der Waals surface area contributed by atoms with Crippen molar-refractivity contribution < 1.29 is 8.78 Å². The lowest BCUT2D eigenvalue weighted by Gasteiger charge is -2.08. The molecular weight excluding hydrogens is 224 g/mol. The van der Waals surface area contributed by atoms with E-state index < -0.39 is 11.6 Å². The molecule has 2 N–H and O–H groups in total. The SMILES string of the molecule is CNc1cccc(Nc2cccc(F)c2F)n1. The summed E-state index contributed by atoms with van der Waals surface area (Å²) in [5.74, 6) is -0.711. The van der Waals surface area contributed by atoms with E-state index in [4.69, 9.17) is 0 Å². The number of aromatic nitrogens is 1. The summed E-state index contributed by atoms with van der Waals surface area (Å²) in [6.45, 7) is 0. The van der Waals surface area contributed by atoms with Gasteiger partial charge in [-0.25, -0.2) is 13.8 Å². The molecule has 0 fully saturated rings. The Morgan fingerprint density at radius 3 is 2.47 bits per heavy atom. The second-order valence-electron chi connectivity index (χ2n) is 3.38. The Hall–Kier alpha value is -2.17. The first-order valence-electron chi connectivity index (χ1n) is 5.06. The molecule has 2 aromatic rings. The summed E-state index contributed by atoms with van der Waals surface area (Å²) in [5.41, 5.74) is 0.0609. The average Bonchev–Trinajstić information content (AvgIpc) is 2.35. The molecule has 0 aliphatic carbocycles. The van der Waals surface area contributed by atoms with Gasteiger partial charge >= 0.3 is 0 Å². The van der Waals surface area contributed by atoms with Crippen LogP contribution in [0.4, 0.5) is 26.1 Å². The van der Waals surface area contributed by atoms with Gasteiger partial charge in [-0.1, -0.05) is 12.1 Å². The number of rotatable bonds is 3. The van der Waals surface area contributed by atoms with Crippen LogP contribution >= 0.6 is 0 Å². The zero-order valence-corrected chi connectivity index (χ0v) is 9.17. The minimum Gasteiger partial charge on any atom is -0.373 e. The number of anilines is 3. The molecule has 1 aromatic heterocycles. The molecule has 5 heteroatoms. The lowest BCUT2D eigenvalue weighted by atomic mass is 10.3. The largest absolute Gasteiger partial charge is 0.373 e. The van der Waals surface area contributed by atoms with Gasteiger partial charge in [0.05, 0.1) is 5.69 Å². The van der Waals surface area contributed by atoms with Crippen molar-refractivity contribution in [2.75, 3.05) is 17.7 Å². The Labute approximate surface area is 97.5 Å². The second kappa shape index (κ2) is 4.78. The third kappa shape index (κ3) is 2.50. The van der Waals surface area contributed by atoms with Crippen LogP contribution < -0.4 is 10.6 Å². The number of halogens is 2. The molecule has 0 saturated heterocycles. The Morgan fingerprint density at radius 2 is 1.71 bits per heavy atom. The number of pyridine rings is 1. The van der Waals surface area contributed by atoms with Gasteiger partial charge in [0.2, 0.25) is 0 Å². The van der Waals surface area contributed by atoms with Gasteiger partial charge in [0.25, 0.3) is 0 Å². The monoisotopic (exact) mass is 235 g/mol. The lowest BCUT2D eigenvalue weighted by Crippen LogP contribution is -2.00. The quantitative estimate of drug-likeness (QED) is 0.858. The van der Waals surface area contributed by atoms with Gasteiger partial charge in [-0.15, -0.1) is 0 Å². The van der Waals surface area contributed by atoms with E-state index in [0.29, 0.717) is 11.6 Å². The molecule has 0 amide bonds. The van der Waals surface area contributed by atoms with E-state index in [2.05, 4.69) is 15.6 Å². The van der Waals surface area contributed by atoms with Gasteiger partial charge in [-0.05, 0) is 24.3 Å². The lowest BCUT2D eigenvalue weighted by molar-refractivity contribution is 0.511. The Kier molecular flexibility index (Phi) is 3.18. The molecule has 0 radical (unpaired) electrons. The van der Waals surface area contributed by atoms with E-state index in [1.165, 1.54) is 12.1 Å². The fraction of sp³-hybridized carbons (Fsp3) is 0.0833. The fourth-order valence-corrected chi connectivity index (χ4v) is 1.38. The Bertz CT molecular complexity index is 529. The van der Waals surface area contributed by atoms with Gasteiger partial charge in [0.1, 0.15) is 11.6 Å². The third-order valence-corrected chi connectivity index (χ3v) is 2.22. The zero-order valence-electron chi connectivity index (χ0n) is 9.17. The molecule has 0 atom stereocenters. The molecule has 88 valence electrons. The van der Waals surface area contributed by atoms with Crippen molar-refractivity contribution in [1.29, 1.82) is 0 Å². The van der Waals surface area contributed by atoms with Crippen LogP contribution in [0, 0.1) is 11.6 Å². The number of nitrogens with zero attached hydrogens (tertiary/aromatic N) is 1. The van der Waals surface area contributed by atoms with E-state index in [0.717, 1.165) is 6.07 Å². The van der Waals surface area contributed by atoms with E-state index in [-0.39, 0.29) is 5.69 Å². The maximum Gasteiger partial charge on any atom is 0.182 e. The molecular formula is C12H11F2N3. The Morgan fingerprint density at radius 1 is 1.00 bits per heavy atom. The molecule has 3 nitrogen and oxygen atoms in total. The van der Waals surface area contributed by atoms with Crippen molar-refractivity contribution in [3.63, 3.8) is 0 Å². The van der Waals surface area contributed by atoms with Gasteiger partial charge in [-0.2, -0.15) is 0 Å². The predicted octanol–water partition coefficient (Wildman–Crippen LogP) is 3.15. The standard InChI is InChI=1S/C12H11F2N3/c1-15-10-6-3-7-11(17-10)16-9-5-2-4-8(13)12(9)14/h2-7H,1H3,(H2,15,16,17). The normalized spacial score (nSPS) is 10.1. The van der Waals surface area contributed by atoms with Crippen molar-refractivity contribution in [3.8, 4) is 0 Å². The van der Waals surface area contributed by atoms with Crippen molar-refractivity contribution in [2.24, 2.45) is 0 Å². The summed E-state index contributed by atoms with van der Waals surface area (Å²) < 4.78 is 26.4. The predicted molar refractivity (Wildman–Crippen MR) is 63.4 cm³/mol. The van der Waals surface area contributed by atoms with Gasteiger partial charge in [0, 0.05) is 7.05 Å². The molecule has 1 heterocycles. The fourth-order valence-electron chi connectivity index (χ4n) is 1.38. The van der Waals surface area contributed by atoms with Crippen LogP contribution in [0.5, 0.6) is 0 Å². The van der Waals surface area contributed by atoms with Gasteiger partial charge in [-0.3, -0.25) is 0 Å². The third-order valence-electron chi connectivity index (χ3n) is 2.22. The van der Waals surface area contributed by atoms with Crippen LogP contribution in [0.1, 0.15) is 0 Å². The summed E-state index contributed by atoms with van der Waals surface area (Å²) in [7, 11) is 1.73. The van der Waals surface area contributed by atoms with Crippen LogP contribution in [0.2, 0.25) is 0 Å².